The van der Waals surface area contributed by atoms with Gasteiger partial charge in [-0.15, -0.1) is 0 Å². The Morgan fingerprint density at radius 1 is 1.29 bits per heavy atom. The second-order valence-electron chi connectivity index (χ2n) is 4.31. The number of ether oxygens (including phenoxy) is 1. The van der Waals surface area contributed by atoms with Crippen LogP contribution in [0.5, 0.6) is 0 Å². The van der Waals surface area contributed by atoms with Gasteiger partial charge in [-0.05, 0) is 34.5 Å². The van der Waals surface area contributed by atoms with Gasteiger partial charge in [0.1, 0.15) is 0 Å². The van der Waals surface area contributed by atoms with Gasteiger partial charge in [-0.2, -0.15) is 0 Å². The number of hydrogen-bond donors (Lipinski definition) is 0. The molecule has 4 heteroatoms. The first-order valence-electron chi connectivity index (χ1n) is 5.70. The van der Waals surface area contributed by atoms with Crippen molar-refractivity contribution in [2.75, 3.05) is 13.2 Å². The van der Waals surface area contributed by atoms with Gasteiger partial charge >= 0.3 is 0 Å². The number of halogens is 1. The van der Waals surface area contributed by atoms with Crippen LogP contribution in [0.25, 0.3) is 5.69 Å². The highest BCUT2D eigenvalue weighted by molar-refractivity contribution is 9.10. The van der Waals surface area contributed by atoms with Gasteiger partial charge in [-0.1, -0.05) is 18.2 Å². The van der Waals surface area contributed by atoms with Crippen LogP contribution in [-0.2, 0) is 11.2 Å². The predicted octanol–water partition coefficient (Wildman–Crippen LogP) is 2.82. The maximum Gasteiger partial charge on any atom is 0.181 e. The molecule has 3 rings (SSSR count). The summed E-state index contributed by atoms with van der Waals surface area (Å²) in [6, 6.07) is 10.2. The van der Waals surface area contributed by atoms with Crippen LogP contribution in [0.2, 0.25) is 0 Å². The Bertz CT molecular complexity index is 505. The van der Waals surface area contributed by atoms with Crippen LogP contribution in [0, 0.1) is 5.92 Å². The van der Waals surface area contributed by atoms with E-state index >= 15 is 0 Å². The molecule has 0 saturated carbocycles. The molecule has 2 heterocycles. The minimum absolute atomic E-state index is 0.640. The zero-order chi connectivity index (χ0) is 11.7. The zero-order valence-corrected chi connectivity index (χ0v) is 10.9. The van der Waals surface area contributed by atoms with Crippen molar-refractivity contribution in [2.45, 2.75) is 6.42 Å². The Hall–Kier alpha value is -1.13. The maximum absolute atomic E-state index is 5.18. The summed E-state index contributed by atoms with van der Waals surface area (Å²) in [7, 11) is 0. The summed E-state index contributed by atoms with van der Waals surface area (Å²) in [6.45, 7) is 1.74. The molecule has 3 nitrogen and oxygen atoms in total. The van der Waals surface area contributed by atoms with E-state index < -0.39 is 0 Å². The van der Waals surface area contributed by atoms with Gasteiger partial charge in [0.15, 0.2) is 4.73 Å². The number of rotatable bonds is 3. The lowest BCUT2D eigenvalue weighted by Crippen LogP contribution is -2.29. The molecule has 1 fully saturated rings. The molecule has 2 aromatic rings. The average molecular weight is 293 g/mol. The van der Waals surface area contributed by atoms with Crippen molar-refractivity contribution >= 4 is 15.9 Å². The molecular weight excluding hydrogens is 280 g/mol. The van der Waals surface area contributed by atoms with Gasteiger partial charge in [0, 0.05) is 17.8 Å². The Kier molecular flexibility index (Phi) is 2.99. The minimum Gasteiger partial charge on any atom is -0.381 e. The minimum atomic E-state index is 0.640. The molecule has 88 valence electrons. The van der Waals surface area contributed by atoms with Crippen LogP contribution >= 0.6 is 15.9 Å². The molecular formula is C13H13BrN2O. The molecule has 1 saturated heterocycles. The summed E-state index contributed by atoms with van der Waals surface area (Å²) < 4.78 is 8.11. The lowest BCUT2D eigenvalue weighted by atomic mass is 10.0. The number of aromatic nitrogens is 2. The molecule has 0 atom stereocenters. The SMILES string of the molecule is Brc1nc(CC2COC2)cn1-c1ccccc1. The average Bonchev–Trinajstić information content (AvgIpc) is 2.66. The van der Waals surface area contributed by atoms with Gasteiger partial charge in [-0.3, -0.25) is 4.57 Å². The number of hydrogen-bond acceptors (Lipinski definition) is 2. The number of para-hydroxylation sites is 1. The van der Waals surface area contributed by atoms with Gasteiger partial charge < -0.3 is 4.74 Å². The van der Waals surface area contributed by atoms with Crippen LogP contribution in [0.15, 0.2) is 41.3 Å². The van der Waals surface area contributed by atoms with E-state index in [0.717, 1.165) is 35.7 Å². The van der Waals surface area contributed by atoms with Crippen molar-refractivity contribution in [1.82, 2.24) is 9.55 Å². The third-order valence-corrected chi connectivity index (χ3v) is 3.51. The molecule has 0 spiro atoms. The van der Waals surface area contributed by atoms with Crippen LogP contribution in [0.4, 0.5) is 0 Å². The second-order valence-corrected chi connectivity index (χ2v) is 5.02. The smallest absolute Gasteiger partial charge is 0.181 e. The molecule has 0 amide bonds. The van der Waals surface area contributed by atoms with E-state index in [4.69, 9.17) is 4.74 Å². The van der Waals surface area contributed by atoms with Crippen LogP contribution in [0.1, 0.15) is 5.69 Å². The van der Waals surface area contributed by atoms with Crippen molar-refractivity contribution < 1.29 is 4.74 Å². The molecule has 17 heavy (non-hydrogen) atoms. The highest BCUT2D eigenvalue weighted by Gasteiger charge is 2.20. The summed E-state index contributed by atoms with van der Waals surface area (Å²) in [4.78, 5) is 4.53. The van der Waals surface area contributed by atoms with Crippen LogP contribution in [-0.4, -0.2) is 22.8 Å². The number of benzene rings is 1. The summed E-state index contributed by atoms with van der Waals surface area (Å²) in [5.41, 5.74) is 2.25. The van der Waals surface area contributed by atoms with Crippen LogP contribution < -0.4 is 0 Å². The van der Waals surface area contributed by atoms with Crippen molar-refractivity contribution in [3.8, 4) is 5.69 Å². The zero-order valence-electron chi connectivity index (χ0n) is 9.34. The maximum atomic E-state index is 5.18. The third-order valence-electron chi connectivity index (χ3n) is 2.95. The highest BCUT2D eigenvalue weighted by Crippen LogP contribution is 2.21. The Balaban J connectivity index is 1.85. The molecule has 1 aliphatic heterocycles. The molecule has 0 N–H and O–H groups in total. The topological polar surface area (TPSA) is 27.1 Å². The lowest BCUT2D eigenvalue weighted by molar-refractivity contribution is -0.0316. The first-order chi connectivity index (χ1) is 8.33. The van der Waals surface area contributed by atoms with E-state index in [1.807, 2.05) is 18.2 Å². The fourth-order valence-electron chi connectivity index (χ4n) is 1.97. The van der Waals surface area contributed by atoms with E-state index in [1.54, 1.807) is 0 Å². The van der Waals surface area contributed by atoms with Gasteiger partial charge in [0.25, 0.3) is 0 Å². The van der Waals surface area contributed by atoms with Crippen LogP contribution in [0.3, 0.4) is 0 Å². The Morgan fingerprint density at radius 2 is 2.06 bits per heavy atom. The second kappa shape index (κ2) is 4.63. The Labute approximate surface area is 109 Å². The number of nitrogens with zero attached hydrogens (tertiary/aromatic N) is 2. The van der Waals surface area contributed by atoms with E-state index in [2.05, 4.69) is 43.8 Å². The largest absolute Gasteiger partial charge is 0.381 e. The molecule has 0 unspecified atom stereocenters. The van der Waals surface area contributed by atoms with E-state index in [9.17, 15) is 0 Å². The van der Waals surface area contributed by atoms with Crippen molar-refractivity contribution in [1.29, 1.82) is 0 Å². The standard InChI is InChI=1S/C13H13BrN2O/c14-13-15-11(6-10-8-17-9-10)7-16(13)12-4-2-1-3-5-12/h1-5,7,10H,6,8-9H2. The molecule has 1 aliphatic rings. The summed E-state index contributed by atoms with van der Waals surface area (Å²) in [5, 5.41) is 0. The van der Waals surface area contributed by atoms with Crippen molar-refractivity contribution in [2.24, 2.45) is 5.92 Å². The van der Waals surface area contributed by atoms with Gasteiger partial charge in [0.2, 0.25) is 0 Å². The van der Waals surface area contributed by atoms with Crippen molar-refractivity contribution in [3.05, 3.63) is 47.0 Å². The quantitative estimate of drug-likeness (QED) is 0.870. The first-order valence-corrected chi connectivity index (χ1v) is 6.49. The lowest BCUT2D eigenvalue weighted by Gasteiger charge is -2.24. The Morgan fingerprint density at radius 3 is 2.71 bits per heavy atom. The molecule has 0 bridgehead atoms. The monoisotopic (exact) mass is 292 g/mol. The summed E-state index contributed by atoms with van der Waals surface area (Å²) >= 11 is 3.50. The predicted molar refractivity (Wildman–Crippen MR) is 69.3 cm³/mol. The fraction of sp³-hybridized carbons (Fsp3) is 0.308. The van der Waals surface area contributed by atoms with Gasteiger partial charge in [0.05, 0.1) is 18.9 Å². The molecule has 1 aromatic carbocycles. The summed E-state index contributed by atoms with van der Waals surface area (Å²) in [5.74, 6) is 0.640. The third kappa shape index (κ3) is 2.28. The fourth-order valence-corrected chi connectivity index (χ4v) is 2.50. The molecule has 1 aromatic heterocycles. The first kappa shape index (κ1) is 11.0. The van der Waals surface area contributed by atoms with Crippen molar-refractivity contribution in [3.63, 3.8) is 0 Å². The summed E-state index contributed by atoms with van der Waals surface area (Å²) in [6.07, 6.45) is 3.09. The van der Waals surface area contributed by atoms with Gasteiger partial charge in [-0.25, -0.2) is 4.98 Å². The highest BCUT2D eigenvalue weighted by atomic mass is 79.9. The van der Waals surface area contributed by atoms with E-state index in [1.165, 1.54) is 0 Å². The molecule has 0 aliphatic carbocycles. The number of imidazole rings is 1. The molecule has 0 radical (unpaired) electrons. The van der Waals surface area contributed by atoms with E-state index in [0.29, 0.717) is 5.92 Å². The normalized spacial score (nSPS) is 15.8. The van der Waals surface area contributed by atoms with E-state index in [-0.39, 0.29) is 0 Å².